The van der Waals surface area contributed by atoms with Crippen molar-refractivity contribution in [1.82, 2.24) is 14.5 Å². The first kappa shape index (κ1) is 17.1. The fourth-order valence-corrected chi connectivity index (χ4v) is 3.89. The van der Waals surface area contributed by atoms with E-state index >= 15 is 0 Å². The maximum absolute atomic E-state index is 12.4. The Morgan fingerprint density at radius 2 is 1.85 bits per heavy atom. The molecule has 0 aliphatic heterocycles. The van der Waals surface area contributed by atoms with Gasteiger partial charge in [0.1, 0.15) is 5.65 Å². The Labute approximate surface area is 160 Å². The van der Waals surface area contributed by atoms with Gasteiger partial charge >= 0.3 is 0 Å². The van der Waals surface area contributed by atoms with E-state index in [0.29, 0.717) is 33.0 Å². The molecule has 2 heterocycles. The number of nitrogens with two attached hydrogens (primary N) is 1. The average Bonchev–Trinajstić information content (AvgIpc) is 3.13. The first-order valence-electron chi connectivity index (χ1n) is 8.43. The Hall–Kier alpha value is -2.31. The zero-order valence-corrected chi connectivity index (χ0v) is 15.4. The van der Waals surface area contributed by atoms with Crippen molar-refractivity contribution in [3.05, 3.63) is 50.9 Å². The van der Waals surface area contributed by atoms with Crippen LogP contribution in [0, 0.1) is 0 Å². The number of nitrogen functional groups attached to an aromatic ring is 1. The fraction of sp³-hybridized carbons (Fsp3) is 0.278. The van der Waals surface area contributed by atoms with Crippen molar-refractivity contribution in [2.75, 3.05) is 11.1 Å². The van der Waals surface area contributed by atoms with Gasteiger partial charge in [0.2, 0.25) is 5.95 Å². The van der Waals surface area contributed by atoms with Crippen LogP contribution in [0.4, 0.5) is 17.3 Å². The van der Waals surface area contributed by atoms with Gasteiger partial charge < -0.3 is 11.1 Å². The monoisotopic (exact) mass is 389 g/mol. The Morgan fingerprint density at radius 1 is 1.15 bits per heavy atom. The van der Waals surface area contributed by atoms with E-state index in [1.807, 2.05) is 0 Å². The highest BCUT2D eigenvalue weighted by Crippen LogP contribution is 2.33. The normalized spacial score (nSPS) is 14.8. The summed E-state index contributed by atoms with van der Waals surface area (Å²) < 4.78 is 1.79. The number of hydrogen-bond acceptors (Lipinski definition) is 5. The molecule has 1 aliphatic carbocycles. The Balaban J connectivity index is 1.77. The minimum absolute atomic E-state index is 0.0346. The summed E-state index contributed by atoms with van der Waals surface area (Å²) in [6.45, 7) is 0. The molecule has 0 radical (unpaired) electrons. The van der Waals surface area contributed by atoms with E-state index in [1.165, 1.54) is 0 Å². The van der Waals surface area contributed by atoms with Gasteiger partial charge in [-0.05, 0) is 31.0 Å². The van der Waals surface area contributed by atoms with Crippen molar-refractivity contribution in [3.8, 4) is 0 Å². The van der Waals surface area contributed by atoms with E-state index in [-0.39, 0.29) is 11.6 Å². The molecule has 3 aromatic rings. The van der Waals surface area contributed by atoms with Crippen LogP contribution in [0.2, 0.25) is 10.0 Å². The second-order valence-electron chi connectivity index (χ2n) is 6.43. The molecule has 0 amide bonds. The zero-order chi connectivity index (χ0) is 18.3. The number of anilines is 3. The van der Waals surface area contributed by atoms with E-state index in [0.717, 1.165) is 31.1 Å². The summed E-state index contributed by atoms with van der Waals surface area (Å²) in [5.41, 5.74) is 7.31. The molecule has 0 spiro atoms. The summed E-state index contributed by atoms with van der Waals surface area (Å²) in [5, 5.41) is 4.61. The minimum Gasteiger partial charge on any atom is -0.396 e. The molecule has 134 valence electrons. The summed E-state index contributed by atoms with van der Waals surface area (Å²) >= 11 is 12.2. The number of nitrogens with one attached hydrogen (secondary N) is 1. The first-order chi connectivity index (χ1) is 12.5. The molecule has 3 N–H and O–H groups in total. The van der Waals surface area contributed by atoms with Crippen LogP contribution in [-0.2, 0) is 0 Å². The zero-order valence-electron chi connectivity index (χ0n) is 13.9. The molecule has 1 saturated carbocycles. The van der Waals surface area contributed by atoms with Gasteiger partial charge in [0.05, 0.1) is 15.7 Å². The lowest BCUT2D eigenvalue weighted by Crippen LogP contribution is -2.23. The van der Waals surface area contributed by atoms with Crippen LogP contribution in [0.5, 0.6) is 0 Å². The lowest BCUT2D eigenvalue weighted by Gasteiger charge is -2.16. The standard InChI is InChI=1S/C18H17Cl2N5O/c19-13-7-11(8-14(20)16(13)21)23-18-22-9-10-5-6-15(26)25(17(10)24-18)12-3-1-2-4-12/h5-9,12H,1-4,21H2,(H,22,23,24). The van der Waals surface area contributed by atoms with Gasteiger partial charge in [0, 0.05) is 29.4 Å². The predicted molar refractivity (Wildman–Crippen MR) is 105 cm³/mol. The van der Waals surface area contributed by atoms with E-state index < -0.39 is 0 Å². The van der Waals surface area contributed by atoms with Gasteiger partial charge in [-0.25, -0.2) is 4.98 Å². The summed E-state index contributed by atoms with van der Waals surface area (Å²) in [5.74, 6) is 0.367. The molecule has 0 bridgehead atoms. The van der Waals surface area contributed by atoms with E-state index in [9.17, 15) is 4.79 Å². The molecule has 2 aromatic heterocycles. The van der Waals surface area contributed by atoms with Crippen LogP contribution in [0.3, 0.4) is 0 Å². The highest BCUT2D eigenvalue weighted by Gasteiger charge is 2.20. The molecule has 1 aliphatic rings. The number of rotatable bonds is 3. The van der Waals surface area contributed by atoms with Crippen molar-refractivity contribution in [1.29, 1.82) is 0 Å². The van der Waals surface area contributed by atoms with Crippen molar-refractivity contribution in [2.45, 2.75) is 31.7 Å². The molecule has 4 rings (SSSR count). The van der Waals surface area contributed by atoms with E-state index in [4.69, 9.17) is 28.9 Å². The van der Waals surface area contributed by atoms with Crippen LogP contribution < -0.4 is 16.6 Å². The van der Waals surface area contributed by atoms with Gasteiger partial charge in [0.15, 0.2) is 0 Å². The van der Waals surface area contributed by atoms with Crippen LogP contribution in [-0.4, -0.2) is 14.5 Å². The number of fused-ring (bicyclic) bond motifs is 1. The fourth-order valence-electron chi connectivity index (χ4n) is 3.40. The molecular formula is C18H17Cl2N5O. The summed E-state index contributed by atoms with van der Waals surface area (Å²) in [6.07, 6.45) is 5.96. The van der Waals surface area contributed by atoms with Gasteiger partial charge in [-0.1, -0.05) is 36.0 Å². The highest BCUT2D eigenvalue weighted by molar-refractivity contribution is 6.39. The number of nitrogens with zero attached hydrogens (tertiary/aromatic N) is 3. The summed E-state index contributed by atoms with van der Waals surface area (Å²) in [4.78, 5) is 21.4. The quantitative estimate of drug-likeness (QED) is 0.642. The van der Waals surface area contributed by atoms with Crippen LogP contribution in [0.15, 0.2) is 35.3 Å². The molecule has 0 atom stereocenters. The molecule has 26 heavy (non-hydrogen) atoms. The third-order valence-corrected chi connectivity index (χ3v) is 5.32. The second-order valence-corrected chi connectivity index (χ2v) is 7.25. The summed E-state index contributed by atoms with van der Waals surface area (Å²) in [7, 11) is 0. The van der Waals surface area contributed by atoms with Crippen molar-refractivity contribution >= 4 is 51.6 Å². The number of pyridine rings is 1. The lowest BCUT2D eigenvalue weighted by molar-refractivity contribution is 0.516. The lowest BCUT2D eigenvalue weighted by atomic mass is 10.2. The van der Waals surface area contributed by atoms with Crippen molar-refractivity contribution < 1.29 is 0 Å². The maximum atomic E-state index is 12.4. The Bertz CT molecular complexity index is 1020. The van der Waals surface area contributed by atoms with Crippen LogP contribution >= 0.6 is 23.2 Å². The number of aromatic nitrogens is 3. The number of benzene rings is 1. The topological polar surface area (TPSA) is 85.8 Å². The van der Waals surface area contributed by atoms with Gasteiger partial charge in [0.25, 0.3) is 5.56 Å². The molecule has 1 aromatic carbocycles. The van der Waals surface area contributed by atoms with E-state index in [2.05, 4.69) is 15.3 Å². The first-order valence-corrected chi connectivity index (χ1v) is 9.18. The largest absolute Gasteiger partial charge is 0.396 e. The van der Waals surface area contributed by atoms with Crippen LogP contribution in [0.25, 0.3) is 11.0 Å². The molecule has 0 unspecified atom stereocenters. The van der Waals surface area contributed by atoms with Crippen molar-refractivity contribution in [2.24, 2.45) is 0 Å². The van der Waals surface area contributed by atoms with Gasteiger partial charge in [-0.2, -0.15) is 4.98 Å². The van der Waals surface area contributed by atoms with Gasteiger partial charge in [-0.3, -0.25) is 9.36 Å². The Kier molecular flexibility index (Phi) is 4.46. The molecule has 1 fully saturated rings. The maximum Gasteiger partial charge on any atom is 0.252 e. The summed E-state index contributed by atoms with van der Waals surface area (Å²) in [6, 6.07) is 6.84. The molecule has 0 saturated heterocycles. The number of hydrogen-bond donors (Lipinski definition) is 2. The third-order valence-electron chi connectivity index (χ3n) is 4.69. The predicted octanol–water partition coefficient (Wildman–Crippen LogP) is 4.54. The second kappa shape index (κ2) is 6.78. The Morgan fingerprint density at radius 3 is 2.54 bits per heavy atom. The SMILES string of the molecule is Nc1c(Cl)cc(Nc2ncc3ccc(=O)n(C4CCCC4)c3n2)cc1Cl. The molecule has 8 heteroatoms. The highest BCUT2D eigenvalue weighted by atomic mass is 35.5. The van der Waals surface area contributed by atoms with E-state index in [1.54, 1.807) is 35.0 Å². The number of halogens is 2. The minimum atomic E-state index is -0.0346. The van der Waals surface area contributed by atoms with Crippen molar-refractivity contribution in [3.63, 3.8) is 0 Å². The average molecular weight is 390 g/mol. The molecule has 6 nitrogen and oxygen atoms in total. The van der Waals surface area contributed by atoms with Gasteiger partial charge in [-0.15, -0.1) is 0 Å². The smallest absolute Gasteiger partial charge is 0.252 e. The molecular weight excluding hydrogens is 373 g/mol. The third kappa shape index (κ3) is 3.10. The van der Waals surface area contributed by atoms with Crippen LogP contribution in [0.1, 0.15) is 31.7 Å².